The highest BCUT2D eigenvalue weighted by Crippen LogP contribution is 2.25. The molecular weight excluding hydrogens is 215 g/mol. The first-order chi connectivity index (χ1) is 7.68. The third-order valence-electron chi connectivity index (χ3n) is 3.00. The van der Waals surface area contributed by atoms with Crippen molar-refractivity contribution < 1.29 is 13.2 Å². The van der Waals surface area contributed by atoms with Crippen molar-refractivity contribution in [3.63, 3.8) is 0 Å². The van der Waals surface area contributed by atoms with Crippen LogP contribution < -0.4 is 5.32 Å². The van der Waals surface area contributed by atoms with Crippen LogP contribution in [0.4, 0.5) is 18.9 Å². The molecule has 4 heteroatoms. The van der Waals surface area contributed by atoms with Gasteiger partial charge in [-0.1, -0.05) is 19.3 Å². The molecule has 0 unspecified atom stereocenters. The fourth-order valence-electron chi connectivity index (χ4n) is 2.10. The Kier molecular flexibility index (Phi) is 3.36. The molecule has 1 nitrogen and oxygen atoms in total. The standard InChI is InChI=1S/C12H14F3N/c13-9-6-7-10(12(15)11(9)14)16-8-4-2-1-3-5-8/h6-8,16H,1-5H2. The Morgan fingerprint density at radius 1 is 0.938 bits per heavy atom. The maximum Gasteiger partial charge on any atom is 0.196 e. The van der Waals surface area contributed by atoms with Gasteiger partial charge in [0.15, 0.2) is 17.5 Å². The lowest BCUT2D eigenvalue weighted by molar-refractivity contribution is 0.440. The highest BCUT2D eigenvalue weighted by atomic mass is 19.2. The van der Waals surface area contributed by atoms with Crippen LogP contribution in [-0.2, 0) is 0 Å². The first-order valence-corrected chi connectivity index (χ1v) is 5.58. The van der Waals surface area contributed by atoms with E-state index in [1.807, 2.05) is 0 Å². The first kappa shape index (κ1) is 11.3. The van der Waals surface area contributed by atoms with E-state index in [1.165, 1.54) is 12.5 Å². The predicted molar refractivity (Wildman–Crippen MR) is 56.8 cm³/mol. The molecule has 0 heterocycles. The summed E-state index contributed by atoms with van der Waals surface area (Å²) >= 11 is 0. The minimum atomic E-state index is -1.40. The van der Waals surface area contributed by atoms with Crippen LogP contribution >= 0.6 is 0 Å². The molecule has 0 atom stereocenters. The van der Waals surface area contributed by atoms with Gasteiger partial charge >= 0.3 is 0 Å². The van der Waals surface area contributed by atoms with Crippen molar-refractivity contribution in [2.24, 2.45) is 0 Å². The van der Waals surface area contributed by atoms with Crippen LogP contribution in [-0.4, -0.2) is 6.04 Å². The highest BCUT2D eigenvalue weighted by molar-refractivity contribution is 5.46. The Balaban J connectivity index is 2.11. The van der Waals surface area contributed by atoms with Crippen LogP contribution in [0.15, 0.2) is 12.1 Å². The molecule has 1 fully saturated rings. The van der Waals surface area contributed by atoms with Crippen molar-refractivity contribution in [2.45, 2.75) is 38.1 Å². The molecule has 1 aliphatic carbocycles. The quantitative estimate of drug-likeness (QED) is 0.759. The molecule has 0 amide bonds. The molecule has 1 N–H and O–H groups in total. The Morgan fingerprint density at radius 3 is 2.31 bits per heavy atom. The van der Waals surface area contributed by atoms with E-state index in [1.54, 1.807) is 0 Å². The zero-order valence-corrected chi connectivity index (χ0v) is 8.90. The van der Waals surface area contributed by atoms with Crippen LogP contribution in [0.25, 0.3) is 0 Å². The average molecular weight is 229 g/mol. The predicted octanol–water partition coefficient (Wildman–Crippen LogP) is 3.85. The van der Waals surface area contributed by atoms with Crippen molar-refractivity contribution in [3.8, 4) is 0 Å². The van der Waals surface area contributed by atoms with Gasteiger partial charge in [-0.25, -0.2) is 13.2 Å². The van der Waals surface area contributed by atoms with Gasteiger partial charge in [0, 0.05) is 6.04 Å². The first-order valence-electron chi connectivity index (χ1n) is 5.58. The van der Waals surface area contributed by atoms with Crippen LogP contribution in [0, 0.1) is 17.5 Å². The fraction of sp³-hybridized carbons (Fsp3) is 0.500. The smallest absolute Gasteiger partial charge is 0.196 e. The van der Waals surface area contributed by atoms with E-state index in [-0.39, 0.29) is 11.7 Å². The summed E-state index contributed by atoms with van der Waals surface area (Å²) in [7, 11) is 0. The van der Waals surface area contributed by atoms with E-state index in [2.05, 4.69) is 5.32 Å². The average Bonchev–Trinajstić information content (AvgIpc) is 2.31. The monoisotopic (exact) mass is 229 g/mol. The van der Waals surface area contributed by atoms with Gasteiger partial charge in [0.05, 0.1) is 5.69 Å². The lowest BCUT2D eigenvalue weighted by Crippen LogP contribution is -2.23. The van der Waals surface area contributed by atoms with Crippen LogP contribution in [0.5, 0.6) is 0 Å². The number of hydrogen-bond donors (Lipinski definition) is 1. The van der Waals surface area contributed by atoms with Gasteiger partial charge in [-0.05, 0) is 25.0 Å². The Labute approximate surface area is 92.7 Å². The second-order valence-corrected chi connectivity index (χ2v) is 4.20. The zero-order chi connectivity index (χ0) is 11.5. The van der Waals surface area contributed by atoms with Crippen molar-refractivity contribution in [3.05, 3.63) is 29.6 Å². The van der Waals surface area contributed by atoms with Crippen molar-refractivity contribution >= 4 is 5.69 Å². The lowest BCUT2D eigenvalue weighted by atomic mass is 9.95. The minimum absolute atomic E-state index is 0.0609. The number of rotatable bonds is 2. The lowest BCUT2D eigenvalue weighted by Gasteiger charge is -2.24. The molecule has 2 rings (SSSR count). The van der Waals surface area contributed by atoms with Crippen LogP contribution in [0.2, 0.25) is 0 Å². The SMILES string of the molecule is Fc1ccc(NC2CCCCC2)c(F)c1F. The summed E-state index contributed by atoms with van der Waals surface area (Å²) in [4.78, 5) is 0. The minimum Gasteiger partial charge on any atom is -0.380 e. The molecule has 1 saturated carbocycles. The number of anilines is 1. The van der Waals surface area contributed by atoms with Gasteiger partial charge in [0.25, 0.3) is 0 Å². The molecule has 0 bridgehead atoms. The third kappa shape index (κ3) is 2.31. The number of hydrogen-bond acceptors (Lipinski definition) is 1. The second kappa shape index (κ2) is 4.76. The van der Waals surface area contributed by atoms with E-state index in [4.69, 9.17) is 0 Å². The van der Waals surface area contributed by atoms with Gasteiger partial charge in [0.1, 0.15) is 0 Å². The fourth-order valence-corrected chi connectivity index (χ4v) is 2.10. The number of halogens is 3. The topological polar surface area (TPSA) is 12.0 Å². The molecule has 0 aliphatic heterocycles. The zero-order valence-electron chi connectivity index (χ0n) is 8.90. The Morgan fingerprint density at radius 2 is 1.62 bits per heavy atom. The molecule has 0 radical (unpaired) electrons. The van der Waals surface area contributed by atoms with E-state index in [0.717, 1.165) is 31.7 Å². The molecule has 16 heavy (non-hydrogen) atoms. The summed E-state index contributed by atoms with van der Waals surface area (Å²) in [6.07, 6.45) is 5.31. The van der Waals surface area contributed by atoms with Gasteiger partial charge in [-0.15, -0.1) is 0 Å². The molecule has 1 aromatic rings. The van der Waals surface area contributed by atoms with Crippen LogP contribution in [0.1, 0.15) is 32.1 Å². The molecule has 0 saturated heterocycles. The van der Waals surface area contributed by atoms with Gasteiger partial charge in [-0.3, -0.25) is 0 Å². The summed E-state index contributed by atoms with van der Waals surface area (Å²) in [6.45, 7) is 0. The Bertz CT molecular complexity index is 373. The maximum atomic E-state index is 13.3. The molecule has 1 aliphatic rings. The van der Waals surface area contributed by atoms with E-state index in [0.29, 0.717) is 0 Å². The van der Waals surface area contributed by atoms with Crippen molar-refractivity contribution in [2.75, 3.05) is 5.32 Å². The van der Waals surface area contributed by atoms with Gasteiger partial charge in [0.2, 0.25) is 0 Å². The Hall–Kier alpha value is -1.19. The maximum absolute atomic E-state index is 13.3. The van der Waals surface area contributed by atoms with E-state index >= 15 is 0 Å². The number of nitrogens with one attached hydrogen (secondary N) is 1. The van der Waals surface area contributed by atoms with Crippen molar-refractivity contribution in [1.29, 1.82) is 0 Å². The summed E-state index contributed by atoms with van der Waals surface area (Å²) in [5.74, 6) is -3.67. The van der Waals surface area contributed by atoms with E-state index < -0.39 is 17.5 Å². The molecule has 1 aromatic carbocycles. The third-order valence-corrected chi connectivity index (χ3v) is 3.00. The summed E-state index contributed by atoms with van der Waals surface area (Å²) in [6, 6.07) is 2.37. The summed E-state index contributed by atoms with van der Waals surface area (Å²) < 4.78 is 39.0. The summed E-state index contributed by atoms with van der Waals surface area (Å²) in [5, 5.41) is 2.94. The van der Waals surface area contributed by atoms with Crippen molar-refractivity contribution in [1.82, 2.24) is 0 Å². The molecule has 88 valence electrons. The second-order valence-electron chi connectivity index (χ2n) is 4.20. The molecular formula is C12H14F3N. The largest absolute Gasteiger partial charge is 0.380 e. The number of benzene rings is 1. The summed E-state index contributed by atoms with van der Waals surface area (Å²) in [5.41, 5.74) is 0.0609. The highest BCUT2D eigenvalue weighted by Gasteiger charge is 2.18. The van der Waals surface area contributed by atoms with Gasteiger partial charge < -0.3 is 5.32 Å². The van der Waals surface area contributed by atoms with Gasteiger partial charge in [-0.2, -0.15) is 0 Å². The molecule has 0 spiro atoms. The normalized spacial score (nSPS) is 17.4. The molecule has 0 aromatic heterocycles. The van der Waals surface area contributed by atoms with Crippen LogP contribution in [0.3, 0.4) is 0 Å². The van der Waals surface area contributed by atoms with E-state index in [9.17, 15) is 13.2 Å².